The van der Waals surface area contributed by atoms with Gasteiger partial charge in [-0.15, -0.1) is 0 Å². The van der Waals surface area contributed by atoms with Crippen molar-refractivity contribution in [2.24, 2.45) is 5.10 Å². The number of hydrogen-bond donors (Lipinski definition) is 1. The minimum atomic E-state index is -0.334. The zero-order valence-corrected chi connectivity index (χ0v) is 16.7. The maximum Gasteiger partial charge on any atom is 0.275 e. The molecule has 0 heterocycles. The number of nitrogens with one attached hydrogen (secondary N) is 1. The summed E-state index contributed by atoms with van der Waals surface area (Å²) in [6.07, 6.45) is 1.70. The van der Waals surface area contributed by atoms with Crippen LogP contribution in [0.25, 0.3) is 21.5 Å². The van der Waals surface area contributed by atoms with Gasteiger partial charge in [-0.3, -0.25) is 4.79 Å². The fourth-order valence-electron chi connectivity index (χ4n) is 3.26. The first-order valence-electron chi connectivity index (χ1n) is 8.75. The molecule has 0 spiro atoms. The average Bonchev–Trinajstić information content (AvgIpc) is 2.73. The topological polar surface area (TPSA) is 50.7 Å². The van der Waals surface area contributed by atoms with Crippen LogP contribution in [0.1, 0.15) is 15.9 Å². The summed E-state index contributed by atoms with van der Waals surface area (Å²) in [5, 5.41) is 8.65. The summed E-state index contributed by atoms with van der Waals surface area (Å²) in [6, 6.07) is 23.7. The highest BCUT2D eigenvalue weighted by atomic mass is 79.9. The van der Waals surface area contributed by atoms with E-state index in [1.807, 2.05) is 30.3 Å². The van der Waals surface area contributed by atoms with Crippen LogP contribution in [0.2, 0.25) is 0 Å². The van der Waals surface area contributed by atoms with E-state index >= 15 is 0 Å². The Bertz CT molecular complexity index is 1160. The monoisotopic (exact) mass is 432 g/mol. The quantitative estimate of drug-likeness (QED) is 0.262. The number of nitrogens with zero attached hydrogens (tertiary/aromatic N) is 1. The molecule has 4 aromatic rings. The van der Waals surface area contributed by atoms with Crippen molar-refractivity contribution >= 4 is 49.6 Å². The standard InChI is InChI=1S/C23H17BrN2O2/c1-28-22-11-10-17(24)13-20(22)23(27)26-25-14-21-18-8-4-2-6-15(18)12-16-7-3-5-9-19(16)21/h2-14H,1H3,(H,26,27). The van der Waals surface area contributed by atoms with Crippen LogP contribution in [-0.2, 0) is 0 Å². The Kier molecular flexibility index (Phi) is 5.08. The van der Waals surface area contributed by atoms with Crippen molar-refractivity contribution in [3.63, 3.8) is 0 Å². The second-order valence-electron chi connectivity index (χ2n) is 6.28. The highest BCUT2D eigenvalue weighted by Crippen LogP contribution is 2.27. The van der Waals surface area contributed by atoms with Gasteiger partial charge in [0.1, 0.15) is 5.75 Å². The van der Waals surface area contributed by atoms with Crippen LogP contribution in [0.5, 0.6) is 5.75 Å². The number of ether oxygens (including phenoxy) is 1. The first-order valence-corrected chi connectivity index (χ1v) is 9.54. The second kappa shape index (κ2) is 7.82. The Morgan fingerprint density at radius 3 is 2.25 bits per heavy atom. The van der Waals surface area contributed by atoms with Crippen molar-refractivity contribution in [2.45, 2.75) is 0 Å². The van der Waals surface area contributed by atoms with E-state index in [1.165, 1.54) is 7.11 Å². The van der Waals surface area contributed by atoms with Crippen LogP contribution in [0, 0.1) is 0 Å². The molecule has 4 nitrogen and oxygen atoms in total. The zero-order chi connectivity index (χ0) is 19.5. The van der Waals surface area contributed by atoms with Crippen molar-refractivity contribution < 1.29 is 9.53 Å². The molecule has 4 rings (SSSR count). The number of methoxy groups -OCH3 is 1. The van der Waals surface area contributed by atoms with Crippen molar-refractivity contribution in [1.29, 1.82) is 0 Å². The largest absolute Gasteiger partial charge is 0.496 e. The van der Waals surface area contributed by atoms with E-state index in [2.05, 4.69) is 56.8 Å². The van der Waals surface area contributed by atoms with E-state index in [0.29, 0.717) is 11.3 Å². The lowest BCUT2D eigenvalue weighted by molar-refractivity contribution is 0.0952. The molecular formula is C23H17BrN2O2. The molecule has 4 aromatic carbocycles. The Hall–Kier alpha value is -3.18. The number of benzene rings is 4. The van der Waals surface area contributed by atoms with Crippen molar-refractivity contribution in [2.75, 3.05) is 7.11 Å². The van der Waals surface area contributed by atoms with Gasteiger partial charge in [0.05, 0.1) is 18.9 Å². The van der Waals surface area contributed by atoms with Crippen LogP contribution in [0.15, 0.2) is 82.4 Å². The average molecular weight is 433 g/mol. The van der Waals surface area contributed by atoms with E-state index in [0.717, 1.165) is 31.6 Å². The van der Waals surface area contributed by atoms with Gasteiger partial charge in [-0.2, -0.15) is 5.10 Å². The summed E-state index contributed by atoms with van der Waals surface area (Å²) in [4.78, 5) is 12.6. The Morgan fingerprint density at radius 2 is 1.61 bits per heavy atom. The molecule has 0 aliphatic rings. The fraction of sp³-hybridized carbons (Fsp3) is 0.0435. The maximum absolute atomic E-state index is 12.6. The molecule has 0 radical (unpaired) electrons. The molecule has 0 aliphatic carbocycles. The predicted octanol–water partition coefficient (Wildman–Crippen LogP) is 5.53. The van der Waals surface area contributed by atoms with Crippen molar-refractivity contribution in [3.05, 3.63) is 88.4 Å². The molecule has 0 fully saturated rings. The van der Waals surface area contributed by atoms with Gasteiger partial charge in [0, 0.05) is 10.0 Å². The number of rotatable bonds is 4. The number of carbonyl (C=O) groups excluding carboxylic acids is 1. The van der Waals surface area contributed by atoms with Gasteiger partial charge in [0.15, 0.2) is 0 Å². The Labute approximate surface area is 171 Å². The van der Waals surface area contributed by atoms with Crippen LogP contribution < -0.4 is 10.2 Å². The van der Waals surface area contributed by atoms with E-state index in [-0.39, 0.29) is 5.91 Å². The third kappa shape index (κ3) is 3.49. The van der Waals surface area contributed by atoms with Crippen LogP contribution in [0.4, 0.5) is 0 Å². The summed E-state index contributed by atoms with van der Waals surface area (Å²) in [6.45, 7) is 0. The number of halogens is 1. The third-order valence-electron chi connectivity index (χ3n) is 4.58. The first-order chi connectivity index (χ1) is 13.7. The van der Waals surface area contributed by atoms with Gasteiger partial charge in [0.2, 0.25) is 0 Å². The highest BCUT2D eigenvalue weighted by Gasteiger charge is 2.12. The Balaban J connectivity index is 1.71. The lowest BCUT2D eigenvalue weighted by Gasteiger charge is -2.09. The minimum absolute atomic E-state index is 0.334. The van der Waals surface area contributed by atoms with Crippen LogP contribution >= 0.6 is 15.9 Å². The van der Waals surface area contributed by atoms with Gasteiger partial charge in [-0.1, -0.05) is 64.5 Å². The van der Waals surface area contributed by atoms with Gasteiger partial charge in [-0.05, 0) is 45.8 Å². The third-order valence-corrected chi connectivity index (χ3v) is 5.07. The molecule has 0 saturated heterocycles. The highest BCUT2D eigenvalue weighted by molar-refractivity contribution is 9.10. The van der Waals surface area contributed by atoms with Gasteiger partial charge in [0.25, 0.3) is 5.91 Å². The number of carbonyl (C=O) groups is 1. The van der Waals surface area contributed by atoms with Crippen molar-refractivity contribution in [3.8, 4) is 5.75 Å². The van der Waals surface area contributed by atoms with E-state index < -0.39 is 0 Å². The number of fused-ring (bicyclic) bond motifs is 2. The van der Waals surface area contributed by atoms with Crippen molar-refractivity contribution in [1.82, 2.24) is 5.43 Å². The molecule has 0 aliphatic heterocycles. The Morgan fingerprint density at radius 1 is 0.964 bits per heavy atom. The second-order valence-corrected chi connectivity index (χ2v) is 7.19. The molecule has 0 atom stereocenters. The van der Waals surface area contributed by atoms with E-state index in [9.17, 15) is 4.79 Å². The first kappa shape index (κ1) is 18.2. The van der Waals surface area contributed by atoms with Gasteiger partial charge in [-0.25, -0.2) is 5.43 Å². The molecular weight excluding hydrogens is 416 g/mol. The van der Waals surface area contributed by atoms with Gasteiger partial charge >= 0.3 is 0 Å². The summed E-state index contributed by atoms with van der Waals surface area (Å²) in [7, 11) is 1.53. The number of hydrazone groups is 1. The number of amides is 1. The molecule has 0 unspecified atom stereocenters. The summed E-state index contributed by atoms with van der Waals surface area (Å²) in [5.41, 5.74) is 3.99. The molecule has 1 N–H and O–H groups in total. The predicted molar refractivity (Wildman–Crippen MR) is 117 cm³/mol. The van der Waals surface area contributed by atoms with E-state index in [4.69, 9.17) is 4.74 Å². The molecule has 0 aromatic heterocycles. The summed E-state index contributed by atoms with van der Waals surface area (Å²) < 4.78 is 6.06. The normalized spacial score (nSPS) is 11.2. The van der Waals surface area contributed by atoms with Gasteiger partial charge < -0.3 is 4.74 Å². The maximum atomic E-state index is 12.6. The molecule has 0 bridgehead atoms. The lowest BCUT2D eigenvalue weighted by Crippen LogP contribution is -2.18. The fourth-order valence-corrected chi connectivity index (χ4v) is 3.62. The zero-order valence-electron chi connectivity index (χ0n) is 15.1. The van der Waals surface area contributed by atoms with Crippen LogP contribution in [-0.4, -0.2) is 19.2 Å². The molecule has 138 valence electrons. The summed E-state index contributed by atoms with van der Waals surface area (Å²) in [5.74, 6) is 0.158. The van der Waals surface area contributed by atoms with Crippen LogP contribution in [0.3, 0.4) is 0 Å². The molecule has 5 heteroatoms. The van der Waals surface area contributed by atoms with E-state index in [1.54, 1.807) is 18.3 Å². The molecule has 0 saturated carbocycles. The minimum Gasteiger partial charge on any atom is -0.496 e. The number of hydrogen-bond acceptors (Lipinski definition) is 3. The summed E-state index contributed by atoms with van der Waals surface area (Å²) >= 11 is 3.38. The molecule has 28 heavy (non-hydrogen) atoms. The lowest BCUT2D eigenvalue weighted by atomic mass is 9.97. The smallest absolute Gasteiger partial charge is 0.275 e. The molecule has 1 amide bonds. The SMILES string of the molecule is COc1ccc(Br)cc1C(=O)NN=Cc1c2ccccc2cc2ccccc12.